The SMILES string of the molecule is CCc1cccc(-c2c(F)cccc2[C@](O)(CCCNC(=O)OC)[C@@H]2CCCN(C(=O)C3(c4ccccc4)CCNCC3)C2)c1. The average Bonchev–Trinajstić information content (AvgIpc) is 3.10. The summed E-state index contributed by atoms with van der Waals surface area (Å²) in [4.78, 5) is 28.3. The van der Waals surface area contributed by atoms with Gasteiger partial charge in [0.25, 0.3) is 0 Å². The molecule has 0 saturated carbocycles. The highest BCUT2D eigenvalue weighted by Gasteiger charge is 2.48. The van der Waals surface area contributed by atoms with Crippen molar-refractivity contribution in [2.24, 2.45) is 5.92 Å². The molecule has 240 valence electrons. The minimum atomic E-state index is -1.45. The Kier molecular flexibility index (Phi) is 10.6. The lowest BCUT2D eigenvalue weighted by Gasteiger charge is -2.47. The number of aryl methyl sites for hydroxylation is 1. The lowest BCUT2D eigenvalue weighted by Crippen LogP contribution is -2.56. The van der Waals surface area contributed by atoms with Crippen molar-refractivity contribution >= 4 is 12.0 Å². The Hall–Kier alpha value is -3.75. The van der Waals surface area contributed by atoms with Crippen LogP contribution in [0.1, 0.15) is 62.1 Å². The third kappa shape index (κ3) is 6.92. The first kappa shape index (κ1) is 32.6. The van der Waals surface area contributed by atoms with Gasteiger partial charge in [-0.15, -0.1) is 0 Å². The number of hydrogen-bond acceptors (Lipinski definition) is 5. The van der Waals surface area contributed by atoms with Crippen LogP contribution >= 0.6 is 0 Å². The maximum Gasteiger partial charge on any atom is 0.406 e. The van der Waals surface area contributed by atoms with Crippen LogP contribution in [0.4, 0.5) is 9.18 Å². The summed E-state index contributed by atoms with van der Waals surface area (Å²) in [6, 6.07) is 22.8. The molecule has 2 aliphatic rings. The molecule has 3 aromatic carbocycles. The van der Waals surface area contributed by atoms with Gasteiger partial charge in [-0.1, -0.05) is 73.7 Å². The van der Waals surface area contributed by atoms with Crippen molar-refractivity contribution < 1.29 is 23.8 Å². The minimum absolute atomic E-state index is 0.102. The summed E-state index contributed by atoms with van der Waals surface area (Å²) in [7, 11) is 1.31. The first-order valence-corrected chi connectivity index (χ1v) is 16.3. The quantitative estimate of drug-likeness (QED) is 0.246. The zero-order valence-electron chi connectivity index (χ0n) is 26.5. The second-order valence-corrected chi connectivity index (χ2v) is 12.5. The third-order valence-corrected chi connectivity index (χ3v) is 9.87. The number of carbonyl (C=O) groups is 2. The molecule has 0 spiro atoms. The number of alkyl carbamates (subject to hydrolysis) is 1. The number of benzene rings is 3. The summed E-state index contributed by atoms with van der Waals surface area (Å²) < 4.78 is 20.6. The van der Waals surface area contributed by atoms with E-state index in [0.29, 0.717) is 56.4 Å². The van der Waals surface area contributed by atoms with Crippen molar-refractivity contribution in [1.82, 2.24) is 15.5 Å². The average molecular weight is 616 g/mol. The third-order valence-electron chi connectivity index (χ3n) is 9.87. The van der Waals surface area contributed by atoms with Crippen LogP contribution in [0.5, 0.6) is 0 Å². The molecule has 0 radical (unpaired) electrons. The number of nitrogens with zero attached hydrogens (tertiary/aromatic N) is 1. The van der Waals surface area contributed by atoms with Crippen molar-refractivity contribution in [2.75, 3.05) is 39.8 Å². The number of halogens is 1. The molecule has 45 heavy (non-hydrogen) atoms. The van der Waals surface area contributed by atoms with Gasteiger partial charge in [0.1, 0.15) is 5.82 Å². The summed E-state index contributed by atoms with van der Waals surface area (Å²) >= 11 is 0. The fourth-order valence-electron chi connectivity index (χ4n) is 7.40. The summed E-state index contributed by atoms with van der Waals surface area (Å²) in [5, 5.41) is 19.0. The molecule has 0 aliphatic carbocycles. The Morgan fingerprint density at radius 1 is 1.09 bits per heavy atom. The van der Waals surface area contributed by atoms with Gasteiger partial charge in [-0.2, -0.15) is 0 Å². The standard InChI is InChI=1S/C37H46FN3O4/c1-3-27-11-7-12-28(25-27)33-31(16-8-17-32(33)38)37(44,18-10-21-40-35(43)45-2)30-15-9-24-41(26-30)34(42)36(19-22-39-23-20-36)29-13-5-4-6-14-29/h4-8,11-14,16-17,25,30,39,44H,3,9-10,15,18-24,26H2,1-2H3,(H,40,43)/t30-,37+/m1/s1. The lowest BCUT2D eigenvalue weighted by atomic mass is 9.69. The van der Waals surface area contributed by atoms with Crippen molar-refractivity contribution in [1.29, 1.82) is 0 Å². The second-order valence-electron chi connectivity index (χ2n) is 12.5. The van der Waals surface area contributed by atoms with Crippen molar-refractivity contribution in [3.8, 4) is 11.1 Å². The van der Waals surface area contributed by atoms with Crippen LogP contribution < -0.4 is 10.6 Å². The van der Waals surface area contributed by atoms with E-state index in [9.17, 15) is 14.7 Å². The van der Waals surface area contributed by atoms with E-state index in [4.69, 9.17) is 4.74 Å². The van der Waals surface area contributed by atoms with Gasteiger partial charge in [0, 0.05) is 31.1 Å². The highest BCUT2D eigenvalue weighted by Crippen LogP contribution is 2.45. The monoisotopic (exact) mass is 615 g/mol. The molecular formula is C37H46FN3O4. The first-order chi connectivity index (χ1) is 21.8. The normalized spacial score (nSPS) is 19.4. The molecule has 2 heterocycles. The topological polar surface area (TPSA) is 90.9 Å². The number of likely N-dealkylation sites (tertiary alicyclic amines) is 1. The van der Waals surface area contributed by atoms with E-state index >= 15 is 4.39 Å². The Balaban J connectivity index is 1.52. The van der Waals surface area contributed by atoms with E-state index in [0.717, 1.165) is 42.6 Å². The maximum absolute atomic E-state index is 15.8. The van der Waals surface area contributed by atoms with Gasteiger partial charge in [-0.25, -0.2) is 9.18 Å². The van der Waals surface area contributed by atoms with Crippen molar-refractivity contribution in [3.05, 3.63) is 95.3 Å². The second kappa shape index (κ2) is 14.6. The molecule has 2 aliphatic heterocycles. The summed E-state index contributed by atoms with van der Waals surface area (Å²) in [6.07, 6.45) is 3.84. The zero-order valence-corrected chi connectivity index (χ0v) is 26.5. The van der Waals surface area contributed by atoms with Crippen LogP contribution in [-0.2, 0) is 27.0 Å². The summed E-state index contributed by atoms with van der Waals surface area (Å²) in [5.41, 5.74) is 1.66. The van der Waals surface area contributed by atoms with Crippen LogP contribution in [0.25, 0.3) is 11.1 Å². The van der Waals surface area contributed by atoms with E-state index in [1.807, 2.05) is 53.4 Å². The predicted octanol–water partition coefficient (Wildman–Crippen LogP) is 5.94. The molecule has 0 bridgehead atoms. The molecule has 0 unspecified atom stereocenters. The van der Waals surface area contributed by atoms with Gasteiger partial charge >= 0.3 is 6.09 Å². The van der Waals surface area contributed by atoms with Gasteiger partial charge in [0.2, 0.25) is 5.91 Å². The number of hydrogen-bond donors (Lipinski definition) is 3. The van der Waals surface area contributed by atoms with Crippen LogP contribution in [0.2, 0.25) is 0 Å². The number of nitrogens with one attached hydrogen (secondary N) is 2. The van der Waals surface area contributed by atoms with E-state index in [1.54, 1.807) is 6.07 Å². The zero-order chi connectivity index (χ0) is 31.9. The molecule has 2 amide bonds. The number of aliphatic hydroxyl groups is 1. The van der Waals surface area contributed by atoms with E-state index in [-0.39, 0.29) is 18.2 Å². The van der Waals surface area contributed by atoms with Crippen LogP contribution in [0.3, 0.4) is 0 Å². The molecule has 2 fully saturated rings. The molecule has 3 N–H and O–H groups in total. The molecule has 7 nitrogen and oxygen atoms in total. The Morgan fingerprint density at radius 2 is 1.84 bits per heavy atom. The number of rotatable bonds is 10. The Bertz CT molecular complexity index is 1460. The van der Waals surface area contributed by atoms with Gasteiger partial charge < -0.3 is 25.4 Å². The lowest BCUT2D eigenvalue weighted by molar-refractivity contribution is -0.144. The number of carbonyl (C=O) groups excluding carboxylic acids is 2. The number of methoxy groups -OCH3 is 1. The molecule has 0 aromatic heterocycles. The highest BCUT2D eigenvalue weighted by atomic mass is 19.1. The summed E-state index contributed by atoms with van der Waals surface area (Å²) in [6.45, 7) is 4.87. The molecule has 2 saturated heterocycles. The Labute approximate surface area is 266 Å². The van der Waals surface area contributed by atoms with Crippen LogP contribution in [0, 0.1) is 11.7 Å². The highest BCUT2D eigenvalue weighted by molar-refractivity contribution is 5.88. The number of amides is 2. The first-order valence-electron chi connectivity index (χ1n) is 16.3. The minimum Gasteiger partial charge on any atom is -0.453 e. The smallest absolute Gasteiger partial charge is 0.406 e. The number of piperidine rings is 2. The fourth-order valence-corrected chi connectivity index (χ4v) is 7.40. The summed E-state index contributed by atoms with van der Waals surface area (Å²) in [5.74, 6) is -0.629. The predicted molar refractivity (Wildman–Crippen MR) is 174 cm³/mol. The van der Waals surface area contributed by atoms with Gasteiger partial charge in [0.05, 0.1) is 18.1 Å². The number of ether oxygens (including phenoxy) is 1. The molecular weight excluding hydrogens is 569 g/mol. The van der Waals surface area contributed by atoms with Gasteiger partial charge in [0.15, 0.2) is 0 Å². The fraction of sp³-hybridized carbons (Fsp3) is 0.459. The maximum atomic E-state index is 15.8. The largest absolute Gasteiger partial charge is 0.453 e. The van der Waals surface area contributed by atoms with Crippen LogP contribution in [0.15, 0.2) is 72.8 Å². The van der Waals surface area contributed by atoms with Crippen molar-refractivity contribution in [2.45, 2.75) is 62.9 Å². The van der Waals surface area contributed by atoms with Gasteiger partial charge in [-0.05, 0) is 86.4 Å². The van der Waals surface area contributed by atoms with Crippen LogP contribution in [-0.4, -0.2) is 61.8 Å². The van der Waals surface area contributed by atoms with E-state index < -0.39 is 22.9 Å². The van der Waals surface area contributed by atoms with E-state index in [1.165, 1.54) is 13.2 Å². The molecule has 2 atom stereocenters. The Morgan fingerprint density at radius 3 is 2.58 bits per heavy atom. The van der Waals surface area contributed by atoms with E-state index in [2.05, 4.69) is 29.7 Å². The van der Waals surface area contributed by atoms with Gasteiger partial charge in [-0.3, -0.25) is 4.79 Å². The molecule has 5 rings (SSSR count). The molecule has 8 heteroatoms. The van der Waals surface area contributed by atoms with Crippen molar-refractivity contribution in [3.63, 3.8) is 0 Å². The molecule has 3 aromatic rings.